The van der Waals surface area contributed by atoms with Gasteiger partial charge in [-0.2, -0.15) is 10.2 Å². The van der Waals surface area contributed by atoms with E-state index in [1.165, 1.54) is 12.1 Å². The van der Waals surface area contributed by atoms with Crippen molar-refractivity contribution < 1.29 is 13.7 Å². The number of halogens is 1. The molecule has 1 fully saturated rings. The molecule has 1 aliphatic heterocycles. The highest BCUT2D eigenvalue weighted by Gasteiger charge is 2.35. The second-order valence-corrected chi connectivity index (χ2v) is 5.59. The van der Waals surface area contributed by atoms with Crippen LogP contribution in [0.25, 0.3) is 0 Å². The van der Waals surface area contributed by atoms with Crippen molar-refractivity contribution in [2.24, 2.45) is 0 Å². The SMILES string of the molecule is Cc1noc([C@@H]2[C@@H](C)OCCN2Cc2cc(C#N)ccc2F)n1. The Morgan fingerprint density at radius 3 is 3.00 bits per heavy atom. The zero-order valence-electron chi connectivity index (χ0n) is 13.0. The van der Waals surface area contributed by atoms with E-state index in [1.54, 1.807) is 13.0 Å². The van der Waals surface area contributed by atoms with Crippen LogP contribution in [0.2, 0.25) is 0 Å². The first-order valence-corrected chi connectivity index (χ1v) is 7.43. The minimum absolute atomic E-state index is 0.147. The lowest BCUT2D eigenvalue weighted by molar-refractivity contribution is -0.0766. The van der Waals surface area contributed by atoms with E-state index in [-0.39, 0.29) is 18.0 Å². The average molecular weight is 316 g/mol. The van der Waals surface area contributed by atoms with E-state index in [4.69, 9.17) is 14.5 Å². The van der Waals surface area contributed by atoms with Crippen LogP contribution in [0.3, 0.4) is 0 Å². The van der Waals surface area contributed by atoms with Crippen LogP contribution in [0.4, 0.5) is 4.39 Å². The summed E-state index contributed by atoms with van der Waals surface area (Å²) in [6.45, 7) is 5.19. The Labute approximate surface area is 133 Å². The van der Waals surface area contributed by atoms with E-state index in [0.717, 1.165) is 0 Å². The molecule has 0 saturated carbocycles. The predicted molar refractivity (Wildman–Crippen MR) is 78.7 cm³/mol. The third-order valence-electron chi connectivity index (χ3n) is 3.94. The highest BCUT2D eigenvalue weighted by molar-refractivity contribution is 5.33. The van der Waals surface area contributed by atoms with Crippen molar-refractivity contribution in [2.45, 2.75) is 32.5 Å². The van der Waals surface area contributed by atoms with Gasteiger partial charge in [-0.05, 0) is 32.0 Å². The Morgan fingerprint density at radius 1 is 1.48 bits per heavy atom. The molecule has 2 heterocycles. The van der Waals surface area contributed by atoms with E-state index in [2.05, 4.69) is 10.1 Å². The number of hydrogen-bond acceptors (Lipinski definition) is 6. The molecule has 1 aromatic heterocycles. The van der Waals surface area contributed by atoms with Gasteiger partial charge in [-0.15, -0.1) is 0 Å². The minimum Gasteiger partial charge on any atom is -0.375 e. The molecule has 1 aromatic carbocycles. The van der Waals surface area contributed by atoms with Crippen LogP contribution in [0.15, 0.2) is 22.7 Å². The van der Waals surface area contributed by atoms with Crippen LogP contribution >= 0.6 is 0 Å². The second kappa shape index (κ2) is 6.44. The maximum Gasteiger partial charge on any atom is 0.246 e. The Kier molecular flexibility index (Phi) is 4.37. The van der Waals surface area contributed by atoms with Gasteiger partial charge < -0.3 is 9.26 Å². The maximum absolute atomic E-state index is 14.1. The number of hydrogen-bond donors (Lipinski definition) is 0. The van der Waals surface area contributed by atoms with Gasteiger partial charge in [0.2, 0.25) is 5.89 Å². The zero-order valence-corrected chi connectivity index (χ0v) is 13.0. The van der Waals surface area contributed by atoms with Crippen LogP contribution < -0.4 is 0 Å². The number of ether oxygens (including phenoxy) is 1. The molecule has 23 heavy (non-hydrogen) atoms. The molecular formula is C16H17FN4O2. The molecule has 0 radical (unpaired) electrons. The van der Waals surface area contributed by atoms with Gasteiger partial charge in [0.15, 0.2) is 5.82 Å². The molecule has 0 spiro atoms. The third-order valence-corrected chi connectivity index (χ3v) is 3.94. The van der Waals surface area contributed by atoms with Crippen LogP contribution in [-0.4, -0.2) is 34.3 Å². The van der Waals surface area contributed by atoms with Crippen LogP contribution in [0.1, 0.15) is 35.8 Å². The van der Waals surface area contributed by atoms with Crippen molar-refractivity contribution in [2.75, 3.05) is 13.2 Å². The van der Waals surface area contributed by atoms with Gasteiger partial charge in [-0.1, -0.05) is 5.16 Å². The zero-order chi connectivity index (χ0) is 16.4. The predicted octanol–water partition coefficient (Wildman–Crippen LogP) is 2.35. The second-order valence-electron chi connectivity index (χ2n) is 5.59. The smallest absolute Gasteiger partial charge is 0.246 e. The van der Waals surface area contributed by atoms with Crippen molar-refractivity contribution in [1.29, 1.82) is 5.26 Å². The van der Waals surface area contributed by atoms with Crippen molar-refractivity contribution in [3.05, 3.63) is 46.9 Å². The Hall–Kier alpha value is -2.30. The molecule has 1 saturated heterocycles. The monoisotopic (exact) mass is 316 g/mol. The first-order chi connectivity index (χ1) is 11.1. The van der Waals surface area contributed by atoms with E-state index in [9.17, 15) is 4.39 Å². The number of benzene rings is 1. The van der Waals surface area contributed by atoms with Gasteiger partial charge in [-0.3, -0.25) is 4.90 Å². The molecule has 0 amide bonds. The summed E-state index contributed by atoms with van der Waals surface area (Å²) in [7, 11) is 0. The molecule has 1 aliphatic rings. The van der Waals surface area contributed by atoms with Crippen LogP contribution in [0, 0.1) is 24.1 Å². The fourth-order valence-corrected chi connectivity index (χ4v) is 2.83. The van der Waals surface area contributed by atoms with Crippen molar-refractivity contribution in [3.63, 3.8) is 0 Å². The summed E-state index contributed by atoms with van der Waals surface area (Å²) in [6, 6.07) is 6.17. The normalized spacial score (nSPS) is 22.0. The van der Waals surface area contributed by atoms with Crippen molar-refractivity contribution >= 4 is 0 Å². The molecule has 3 rings (SSSR count). The van der Waals surface area contributed by atoms with E-state index in [0.29, 0.717) is 42.5 Å². The topological polar surface area (TPSA) is 75.2 Å². The first-order valence-electron chi connectivity index (χ1n) is 7.43. The fourth-order valence-electron chi connectivity index (χ4n) is 2.83. The molecule has 6 nitrogen and oxygen atoms in total. The first kappa shape index (κ1) is 15.6. The summed E-state index contributed by atoms with van der Waals surface area (Å²) in [5, 5.41) is 12.8. The van der Waals surface area contributed by atoms with Crippen LogP contribution in [-0.2, 0) is 11.3 Å². The Balaban J connectivity index is 1.89. The summed E-state index contributed by atoms with van der Waals surface area (Å²) >= 11 is 0. The van der Waals surface area contributed by atoms with E-state index >= 15 is 0 Å². The average Bonchev–Trinajstić information content (AvgIpc) is 2.95. The van der Waals surface area contributed by atoms with Crippen LogP contribution in [0.5, 0.6) is 0 Å². The Morgan fingerprint density at radius 2 is 2.30 bits per heavy atom. The summed E-state index contributed by atoms with van der Waals surface area (Å²) in [6.07, 6.45) is -0.147. The fraction of sp³-hybridized carbons (Fsp3) is 0.438. The van der Waals surface area contributed by atoms with Gasteiger partial charge in [-0.25, -0.2) is 4.39 Å². The molecule has 0 aliphatic carbocycles. The lowest BCUT2D eigenvalue weighted by atomic mass is 10.1. The molecule has 2 atom stereocenters. The van der Waals surface area contributed by atoms with Crippen molar-refractivity contribution in [1.82, 2.24) is 15.0 Å². The lowest BCUT2D eigenvalue weighted by Crippen LogP contribution is -2.44. The molecule has 0 N–H and O–H groups in total. The van der Waals surface area contributed by atoms with Gasteiger partial charge in [0.1, 0.15) is 11.9 Å². The highest BCUT2D eigenvalue weighted by atomic mass is 19.1. The summed E-state index contributed by atoms with van der Waals surface area (Å²) in [4.78, 5) is 6.33. The van der Waals surface area contributed by atoms with Gasteiger partial charge in [0, 0.05) is 18.7 Å². The molecule has 0 unspecified atom stereocenters. The number of aromatic nitrogens is 2. The van der Waals surface area contributed by atoms with E-state index < -0.39 is 0 Å². The van der Waals surface area contributed by atoms with Crippen molar-refractivity contribution in [3.8, 4) is 6.07 Å². The van der Waals surface area contributed by atoms with Gasteiger partial charge in [0.05, 0.1) is 24.3 Å². The van der Waals surface area contributed by atoms with E-state index in [1.807, 2.05) is 17.9 Å². The quantitative estimate of drug-likeness (QED) is 0.865. The Bertz CT molecular complexity index is 740. The summed E-state index contributed by atoms with van der Waals surface area (Å²) in [5.74, 6) is 0.686. The van der Waals surface area contributed by atoms with Gasteiger partial charge >= 0.3 is 0 Å². The molecular weight excluding hydrogens is 299 g/mol. The number of morpholine rings is 1. The molecule has 0 bridgehead atoms. The molecule has 7 heteroatoms. The number of nitrogens with zero attached hydrogens (tertiary/aromatic N) is 4. The van der Waals surface area contributed by atoms with Gasteiger partial charge in [0.25, 0.3) is 0 Å². The lowest BCUT2D eigenvalue weighted by Gasteiger charge is -2.37. The number of aryl methyl sites for hydroxylation is 1. The molecule has 120 valence electrons. The largest absolute Gasteiger partial charge is 0.375 e. The summed E-state index contributed by atoms with van der Waals surface area (Å²) in [5.41, 5.74) is 0.910. The standard InChI is InChI=1S/C16H17FN4O2/c1-10-15(16-19-11(2)20-23-16)21(5-6-22-10)9-13-7-12(8-18)3-4-14(13)17/h3-4,7,10,15H,5-6,9H2,1-2H3/t10-,15+/m1/s1. The minimum atomic E-state index is -0.330. The summed E-state index contributed by atoms with van der Waals surface area (Å²) < 4.78 is 25.0. The maximum atomic E-state index is 14.1. The highest BCUT2D eigenvalue weighted by Crippen LogP contribution is 2.30. The number of nitriles is 1. The number of rotatable bonds is 3. The molecule has 2 aromatic rings. The third kappa shape index (κ3) is 3.23.